The molecule has 18 atom stereocenters. The summed E-state index contributed by atoms with van der Waals surface area (Å²) < 4.78 is 31.3. The van der Waals surface area contributed by atoms with Gasteiger partial charge in [-0.3, -0.25) is 0 Å². The fourth-order valence-electron chi connectivity index (χ4n) is 4.96. The maximum atomic E-state index is 10.5. The summed E-state index contributed by atoms with van der Waals surface area (Å²) in [5, 5.41) is 150. The Morgan fingerprint density at radius 1 is 0.556 bits per heavy atom. The van der Waals surface area contributed by atoms with E-state index >= 15 is 0 Å². The average molecular weight is 669 g/mol. The zero-order valence-corrected chi connectivity index (χ0v) is 23.7. The number of hydrogen-bond donors (Lipinski definition) is 15. The van der Waals surface area contributed by atoms with Crippen molar-refractivity contribution in [2.45, 2.75) is 110 Å². The monoisotopic (exact) mass is 668 g/mol. The Morgan fingerprint density at radius 3 is 1.49 bits per heavy atom. The van der Waals surface area contributed by atoms with Gasteiger partial charge in [0.2, 0.25) is 5.79 Å². The molecule has 21 nitrogen and oxygen atoms in total. The van der Waals surface area contributed by atoms with Crippen LogP contribution in [0.2, 0.25) is 0 Å². The molecule has 3 heterocycles. The van der Waals surface area contributed by atoms with E-state index < -0.39 is 150 Å². The van der Waals surface area contributed by atoms with Crippen molar-refractivity contribution in [1.82, 2.24) is 0 Å². The molecule has 0 spiro atoms. The number of aliphatic hydroxyl groups is 15. The minimum atomic E-state index is -2.42. The molecule has 21 heteroatoms. The fourth-order valence-corrected chi connectivity index (χ4v) is 4.96. The van der Waals surface area contributed by atoms with E-state index in [1.165, 1.54) is 0 Å². The largest absolute Gasteiger partial charge is 0.394 e. The first-order chi connectivity index (χ1) is 21.1. The van der Waals surface area contributed by atoms with Crippen LogP contribution in [0.3, 0.4) is 0 Å². The first kappa shape index (κ1) is 38.6. The first-order valence-corrected chi connectivity index (χ1v) is 14.0. The zero-order chi connectivity index (χ0) is 33.8. The lowest BCUT2D eigenvalue weighted by molar-refractivity contribution is -0.316. The molecule has 3 aliphatic heterocycles. The topological polar surface area (TPSA) is 359 Å². The standard InChI is InChI=1S/C24H44O21/c25-1-9-14(32)17(35)19(37)22(43-9)40-3-7(28)12(30)13(31)8(29)4-42-24(6-27)21(39)16(34)11(45-24)5-41-23-20(38)18(36)15(33)10(2-26)44-23/h7-23,25-39H,1-6H2/t7-,8?,9-,10-,11-,12-,13-,14-,15-,16-,17+,18+,19-,20-,21+,22+,23+,24+/m1/s1. The van der Waals surface area contributed by atoms with Gasteiger partial charge in [-0.25, -0.2) is 0 Å². The molecule has 3 rings (SSSR count). The molecule has 0 aromatic heterocycles. The first-order valence-electron chi connectivity index (χ1n) is 14.0. The summed E-state index contributed by atoms with van der Waals surface area (Å²) in [6, 6.07) is 0. The number of rotatable bonds is 15. The Balaban J connectivity index is 1.52. The Morgan fingerprint density at radius 2 is 1.02 bits per heavy atom. The van der Waals surface area contributed by atoms with Crippen LogP contribution in [-0.2, 0) is 28.4 Å². The van der Waals surface area contributed by atoms with Gasteiger partial charge < -0.3 is 105 Å². The van der Waals surface area contributed by atoms with Gasteiger partial charge in [-0.15, -0.1) is 0 Å². The van der Waals surface area contributed by atoms with E-state index in [0.29, 0.717) is 0 Å². The van der Waals surface area contributed by atoms with Gasteiger partial charge in [0.25, 0.3) is 0 Å². The van der Waals surface area contributed by atoms with Crippen molar-refractivity contribution in [1.29, 1.82) is 0 Å². The van der Waals surface area contributed by atoms with Crippen molar-refractivity contribution < 1.29 is 105 Å². The number of hydrogen-bond acceptors (Lipinski definition) is 21. The van der Waals surface area contributed by atoms with E-state index in [2.05, 4.69) is 0 Å². The molecule has 0 aromatic rings. The molecule has 3 aliphatic rings. The lowest BCUT2D eigenvalue weighted by Gasteiger charge is -2.40. The highest BCUT2D eigenvalue weighted by molar-refractivity contribution is 4.98. The molecule has 15 N–H and O–H groups in total. The van der Waals surface area contributed by atoms with Gasteiger partial charge in [0, 0.05) is 0 Å². The van der Waals surface area contributed by atoms with Crippen molar-refractivity contribution >= 4 is 0 Å². The fraction of sp³-hybridized carbons (Fsp3) is 1.00. The number of ether oxygens (including phenoxy) is 6. The highest BCUT2D eigenvalue weighted by Crippen LogP contribution is 2.34. The Kier molecular flexibility index (Phi) is 14.2. The van der Waals surface area contributed by atoms with Gasteiger partial charge in [0.1, 0.15) is 98.2 Å². The van der Waals surface area contributed by atoms with Crippen molar-refractivity contribution in [3.8, 4) is 0 Å². The maximum Gasteiger partial charge on any atom is 0.221 e. The van der Waals surface area contributed by atoms with Crippen molar-refractivity contribution in [2.24, 2.45) is 0 Å². The van der Waals surface area contributed by atoms with Crippen LogP contribution in [-0.4, -0.2) is 226 Å². The highest BCUT2D eigenvalue weighted by atomic mass is 16.8. The van der Waals surface area contributed by atoms with Crippen LogP contribution in [0.25, 0.3) is 0 Å². The number of aliphatic hydroxyl groups excluding tert-OH is 15. The Bertz CT molecular complexity index is 884. The van der Waals surface area contributed by atoms with E-state index in [1.807, 2.05) is 0 Å². The summed E-state index contributed by atoms with van der Waals surface area (Å²) in [5.74, 6) is -2.42. The summed E-state index contributed by atoms with van der Waals surface area (Å²) in [4.78, 5) is 0. The highest BCUT2D eigenvalue weighted by Gasteiger charge is 2.56. The summed E-state index contributed by atoms with van der Waals surface area (Å²) in [6.45, 7) is -5.09. The van der Waals surface area contributed by atoms with E-state index in [9.17, 15) is 76.6 Å². The van der Waals surface area contributed by atoms with Crippen LogP contribution in [0.4, 0.5) is 0 Å². The second kappa shape index (κ2) is 16.5. The van der Waals surface area contributed by atoms with Crippen LogP contribution in [0.5, 0.6) is 0 Å². The van der Waals surface area contributed by atoms with Gasteiger partial charge in [-0.1, -0.05) is 0 Å². The van der Waals surface area contributed by atoms with Crippen LogP contribution in [0.1, 0.15) is 0 Å². The molecular formula is C24H44O21. The third-order valence-corrected chi connectivity index (χ3v) is 7.92. The molecule has 1 unspecified atom stereocenters. The van der Waals surface area contributed by atoms with Crippen molar-refractivity contribution in [2.75, 3.05) is 39.6 Å². The molecule has 3 fully saturated rings. The molecule has 266 valence electrons. The van der Waals surface area contributed by atoms with Gasteiger partial charge in [-0.2, -0.15) is 0 Å². The quantitative estimate of drug-likeness (QED) is 0.0770. The van der Waals surface area contributed by atoms with E-state index in [0.717, 1.165) is 0 Å². The minimum absolute atomic E-state index is 0.656. The van der Waals surface area contributed by atoms with Gasteiger partial charge in [0.15, 0.2) is 12.6 Å². The predicted molar refractivity (Wildman–Crippen MR) is 136 cm³/mol. The third kappa shape index (κ3) is 8.43. The molecule has 0 aliphatic carbocycles. The Hall–Kier alpha value is -0.840. The summed E-state index contributed by atoms with van der Waals surface area (Å²) in [5.41, 5.74) is 0. The molecule has 45 heavy (non-hydrogen) atoms. The third-order valence-electron chi connectivity index (χ3n) is 7.92. The molecule has 3 saturated heterocycles. The smallest absolute Gasteiger partial charge is 0.221 e. The van der Waals surface area contributed by atoms with E-state index in [-0.39, 0.29) is 0 Å². The SMILES string of the molecule is OC[C@H]1O[C@H](OC[C@@H](O)[C@@H](O)[C@H](O)C(O)CO[C@@]2(CO)O[C@H](CO[C@H]3O[C@H](CO)[C@@H](O)[C@H](O)[C@H]3O)[C@@H](O)[C@@H]2O)[C@H](O)[C@@H](O)[C@@H]1O. The van der Waals surface area contributed by atoms with E-state index in [1.54, 1.807) is 0 Å². The van der Waals surface area contributed by atoms with Gasteiger partial charge in [-0.05, 0) is 0 Å². The van der Waals surface area contributed by atoms with Crippen LogP contribution >= 0.6 is 0 Å². The molecule has 0 aromatic carbocycles. The summed E-state index contributed by atoms with van der Waals surface area (Å²) in [6.07, 6.45) is -29.9. The van der Waals surface area contributed by atoms with Crippen molar-refractivity contribution in [3.05, 3.63) is 0 Å². The molecule has 0 amide bonds. The lowest BCUT2D eigenvalue weighted by atomic mass is 9.99. The summed E-state index contributed by atoms with van der Waals surface area (Å²) in [7, 11) is 0. The van der Waals surface area contributed by atoms with Crippen LogP contribution in [0, 0.1) is 0 Å². The van der Waals surface area contributed by atoms with Crippen LogP contribution in [0.15, 0.2) is 0 Å². The van der Waals surface area contributed by atoms with Crippen molar-refractivity contribution in [3.63, 3.8) is 0 Å². The van der Waals surface area contributed by atoms with Gasteiger partial charge >= 0.3 is 0 Å². The molecule has 0 saturated carbocycles. The molecule has 0 bridgehead atoms. The second-order valence-electron chi connectivity index (χ2n) is 11.0. The van der Waals surface area contributed by atoms with Gasteiger partial charge in [0.05, 0.1) is 33.0 Å². The molecular weight excluding hydrogens is 624 g/mol. The minimum Gasteiger partial charge on any atom is -0.394 e. The van der Waals surface area contributed by atoms with E-state index in [4.69, 9.17) is 28.4 Å². The maximum absolute atomic E-state index is 10.5. The lowest BCUT2D eigenvalue weighted by Crippen LogP contribution is -2.59. The second-order valence-corrected chi connectivity index (χ2v) is 11.0. The Labute approximate surface area is 255 Å². The summed E-state index contributed by atoms with van der Waals surface area (Å²) >= 11 is 0. The molecule has 0 radical (unpaired) electrons. The normalized spacial score (nSPS) is 45.3. The average Bonchev–Trinajstić information content (AvgIpc) is 3.28. The zero-order valence-electron chi connectivity index (χ0n) is 23.7. The predicted octanol–water partition coefficient (Wildman–Crippen LogP) is -10.1. The van der Waals surface area contributed by atoms with Crippen LogP contribution < -0.4 is 0 Å².